The summed E-state index contributed by atoms with van der Waals surface area (Å²) in [4.78, 5) is 26.1. The molecular formula is C20H22N2O2. The number of likely N-dealkylation sites (tertiary alicyclic amines) is 1. The molecule has 0 radical (unpaired) electrons. The fraction of sp³-hybridized carbons (Fsp3) is 0.300. The first-order valence-corrected chi connectivity index (χ1v) is 8.33. The minimum atomic E-state index is -0.124. The second-order valence-electron chi connectivity index (χ2n) is 6.20. The van der Waals surface area contributed by atoms with Gasteiger partial charge < -0.3 is 10.2 Å². The van der Waals surface area contributed by atoms with Crippen molar-refractivity contribution >= 4 is 11.8 Å². The van der Waals surface area contributed by atoms with E-state index in [9.17, 15) is 9.59 Å². The normalized spacial score (nSPS) is 17.2. The number of amides is 2. The first kappa shape index (κ1) is 16.2. The van der Waals surface area contributed by atoms with Gasteiger partial charge in [0, 0.05) is 25.1 Å². The average molecular weight is 322 g/mol. The Hall–Kier alpha value is -2.62. The van der Waals surface area contributed by atoms with Crippen molar-refractivity contribution < 1.29 is 9.59 Å². The summed E-state index contributed by atoms with van der Waals surface area (Å²) in [5.41, 5.74) is 3.95. The highest BCUT2D eigenvalue weighted by Gasteiger charge is 2.29. The van der Waals surface area contributed by atoms with Crippen molar-refractivity contribution in [3.63, 3.8) is 0 Å². The minimum Gasteiger partial charge on any atom is -0.347 e. The zero-order valence-corrected chi connectivity index (χ0v) is 14.1. The third-order valence-corrected chi connectivity index (χ3v) is 4.51. The summed E-state index contributed by atoms with van der Waals surface area (Å²) in [5, 5.41) is 2.98. The largest absolute Gasteiger partial charge is 0.347 e. The van der Waals surface area contributed by atoms with Crippen LogP contribution in [0.15, 0.2) is 48.5 Å². The maximum atomic E-state index is 12.5. The molecule has 0 saturated carbocycles. The quantitative estimate of drug-likeness (QED) is 0.941. The number of nitrogens with one attached hydrogen (secondary N) is 1. The summed E-state index contributed by atoms with van der Waals surface area (Å²) in [6.45, 7) is 5.30. The Morgan fingerprint density at radius 3 is 2.71 bits per heavy atom. The maximum absolute atomic E-state index is 12.5. The minimum absolute atomic E-state index is 0.105. The highest BCUT2D eigenvalue weighted by atomic mass is 16.2. The van der Waals surface area contributed by atoms with E-state index in [1.165, 1.54) is 5.56 Å². The van der Waals surface area contributed by atoms with E-state index < -0.39 is 0 Å². The summed E-state index contributed by atoms with van der Waals surface area (Å²) < 4.78 is 0. The molecule has 4 nitrogen and oxygen atoms in total. The number of hydrogen-bond donors (Lipinski definition) is 1. The fourth-order valence-electron chi connectivity index (χ4n) is 3.17. The van der Waals surface area contributed by atoms with E-state index in [2.05, 4.69) is 24.4 Å². The van der Waals surface area contributed by atoms with Crippen LogP contribution in [0.2, 0.25) is 0 Å². The lowest BCUT2D eigenvalue weighted by Crippen LogP contribution is -2.37. The van der Waals surface area contributed by atoms with Crippen molar-refractivity contribution in [1.29, 1.82) is 0 Å². The van der Waals surface area contributed by atoms with Gasteiger partial charge in [-0.2, -0.15) is 0 Å². The molecule has 1 aliphatic rings. The average Bonchev–Trinajstić information content (AvgIpc) is 2.95. The number of rotatable bonds is 4. The predicted molar refractivity (Wildman–Crippen MR) is 94.7 cm³/mol. The van der Waals surface area contributed by atoms with E-state index in [1.54, 1.807) is 4.90 Å². The molecule has 124 valence electrons. The summed E-state index contributed by atoms with van der Waals surface area (Å²) in [5.74, 6) is -0.0161. The number of aryl methyl sites for hydroxylation is 1. The molecule has 1 fully saturated rings. The highest BCUT2D eigenvalue weighted by Crippen LogP contribution is 2.24. The standard InChI is InChI=1S/C20H22N2O2/c1-3-22-13-17(12-19(22)23)21-20(24)16-9-6-8-15(11-16)18-10-5-4-7-14(18)2/h4-11,17H,3,12-13H2,1-2H3,(H,21,24). The Balaban J connectivity index is 1.76. The van der Waals surface area contributed by atoms with E-state index >= 15 is 0 Å². The van der Waals surface area contributed by atoms with Crippen LogP contribution in [-0.2, 0) is 4.79 Å². The lowest BCUT2D eigenvalue weighted by molar-refractivity contribution is -0.127. The smallest absolute Gasteiger partial charge is 0.251 e. The maximum Gasteiger partial charge on any atom is 0.251 e. The van der Waals surface area contributed by atoms with Crippen molar-refractivity contribution in [2.45, 2.75) is 26.3 Å². The second kappa shape index (κ2) is 6.87. The molecule has 24 heavy (non-hydrogen) atoms. The number of carbonyl (C=O) groups is 2. The van der Waals surface area contributed by atoms with Crippen LogP contribution < -0.4 is 5.32 Å². The first-order valence-electron chi connectivity index (χ1n) is 8.33. The van der Waals surface area contributed by atoms with Gasteiger partial charge in [0.05, 0.1) is 6.04 Å². The van der Waals surface area contributed by atoms with E-state index in [1.807, 2.05) is 43.3 Å². The molecule has 1 aliphatic heterocycles. The van der Waals surface area contributed by atoms with Gasteiger partial charge in [0.2, 0.25) is 5.91 Å². The number of carbonyl (C=O) groups excluding carboxylic acids is 2. The van der Waals surface area contributed by atoms with Gasteiger partial charge in [-0.25, -0.2) is 0 Å². The molecule has 3 rings (SSSR count). The van der Waals surface area contributed by atoms with Gasteiger partial charge in [0.15, 0.2) is 0 Å². The molecular weight excluding hydrogens is 300 g/mol. The second-order valence-corrected chi connectivity index (χ2v) is 6.20. The molecule has 0 aromatic heterocycles. The number of hydrogen-bond acceptors (Lipinski definition) is 2. The molecule has 0 bridgehead atoms. The molecule has 1 heterocycles. The van der Waals surface area contributed by atoms with Crippen LogP contribution in [0, 0.1) is 6.92 Å². The van der Waals surface area contributed by atoms with E-state index in [-0.39, 0.29) is 17.9 Å². The summed E-state index contributed by atoms with van der Waals surface area (Å²) in [7, 11) is 0. The van der Waals surface area contributed by atoms with Crippen molar-refractivity contribution in [2.75, 3.05) is 13.1 Å². The van der Waals surface area contributed by atoms with Crippen LogP contribution in [0.1, 0.15) is 29.3 Å². The highest BCUT2D eigenvalue weighted by molar-refractivity contribution is 5.96. The van der Waals surface area contributed by atoms with E-state index in [0.29, 0.717) is 25.1 Å². The van der Waals surface area contributed by atoms with Crippen LogP contribution in [0.5, 0.6) is 0 Å². The van der Waals surface area contributed by atoms with Gasteiger partial charge >= 0.3 is 0 Å². The molecule has 1 saturated heterocycles. The Bertz CT molecular complexity index is 770. The fourth-order valence-corrected chi connectivity index (χ4v) is 3.17. The molecule has 4 heteroatoms. The zero-order valence-electron chi connectivity index (χ0n) is 14.1. The summed E-state index contributed by atoms with van der Waals surface area (Å²) >= 11 is 0. The molecule has 0 spiro atoms. The third-order valence-electron chi connectivity index (χ3n) is 4.51. The van der Waals surface area contributed by atoms with Gasteiger partial charge in [-0.1, -0.05) is 36.4 Å². The van der Waals surface area contributed by atoms with E-state index in [0.717, 1.165) is 11.1 Å². The Morgan fingerprint density at radius 2 is 2.00 bits per heavy atom. The monoisotopic (exact) mass is 322 g/mol. The van der Waals surface area contributed by atoms with Crippen LogP contribution >= 0.6 is 0 Å². The number of benzene rings is 2. The molecule has 1 atom stereocenters. The molecule has 0 aliphatic carbocycles. The molecule has 1 N–H and O–H groups in total. The molecule has 2 aromatic rings. The Morgan fingerprint density at radius 1 is 1.21 bits per heavy atom. The van der Waals surface area contributed by atoms with Gasteiger partial charge in [-0.05, 0) is 42.7 Å². The predicted octanol–water partition coefficient (Wildman–Crippen LogP) is 3.01. The molecule has 2 aromatic carbocycles. The summed E-state index contributed by atoms with van der Waals surface area (Å²) in [6.07, 6.45) is 0.386. The third kappa shape index (κ3) is 3.32. The topological polar surface area (TPSA) is 49.4 Å². The SMILES string of the molecule is CCN1CC(NC(=O)c2cccc(-c3ccccc3C)c2)CC1=O. The zero-order chi connectivity index (χ0) is 17.1. The van der Waals surface area contributed by atoms with Crippen LogP contribution in [0.3, 0.4) is 0 Å². The number of likely N-dealkylation sites (N-methyl/N-ethyl adjacent to an activating group) is 1. The Labute approximate surface area is 142 Å². The van der Waals surface area contributed by atoms with Crippen molar-refractivity contribution in [1.82, 2.24) is 10.2 Å². The number of nitrogens with zero attached hydrogens (tertiary/aromatic N) is 1. The Kier molecular flexibility index (Phi) is 4.65. The first-order chi connectivity index (χ1) is 11.6. The van der Waals surface area contributed by atoms with Gasteiger partial charge in [-0.15, -0.1) is 0 Å². The summed E-state index contributed by atoms with van der Waals surface area (Å²) in [6, 6.07) is 15.6. The lowest BCUT2D eigenvalue weighted by atomic mass is 9.99. The molecule has 1 unspecified atom stereocenters. The molecule has 2 amide bonds. The van der Waals surface area contributed by atoms with Crippen molar-refractivity contribution in [3.8, 4) is 11.1 Å². The lowest BCUT2D eigenvalue weighted by Gasteiger charge is -2.15. The van der Waals surface area contributed by atoms with Crippen LogP contribution in [-0.4, -0.2) is 35.8 Å². The van der Waals surface area contributed by atoms with Crippen molar-refractivity contribution in [3.05, 3.63) is 59.7 Å². The van der Waals surface area contributed by atoms with Crippen LogP contribution in [0.25, 0.3) is 11.1 Å². The van der Waals surface area contributed by atoms with Crippen molar-refractivity contribution in [2.24, 2.45) is 0 Å². The van der Waals surface area contributed by atoms with Gasteiger partial charge in [-0.3, -0.25) is 9.59 Å². The van der Waals surface area contributed by atoms with E-state index in [4.69, 9.17) is 0 Å². The van der Waals surface area contributed by atoms with Gasteiger partial charge in [0.25, 0.3) is 5.91 Å². The van der Waals surface area contributed by atoms with Crippen LogP contribution in [0.4, 0.5) is 0 Å². The van der Waals surface area contributed by atoms with Gasteiger partial charge in [0.1, 0.15) is 0 Å².